The average molecular weight is 327 g/mol. The van der Waals surface area contributed by atoms with Gasteiger partial charge in [0.2, 0.25) is 0 Å². The van der Waals surface area contributed by atoms with Gasteiger partial charge in [-0.25, -0.2) is 9.48 Å². The van der Waals surface area contributed by atoms with Gasteiger partial charge in [-0.05, 0) is 30.2 Å². The van der Waals surface area contributed by atoms with Crippen LogP contribution in [0.15, 0.2) is 30.6 Å². The summed E-state index contributed by atoms with van der Waals surface area (Å²) in [7, 11) is 0. The number of hydrogen-bond acceptors (Lipinski definition) is 5. The number of carbonyl (C=O) groups is 2. The molecule has 4 rings (SSSR count). The van der Waals surface area contributed by atoms with Gasteiger partial charge < -0.3 is 15.3 Å². The third-order valence-corrected chi connectivity index (χ3v) is 4.61. The van der Waals surface area contributed by atoms with Crippen molar-refractivity contribution in [2.75, 3.05) is 18.4 Å². The van der Waals surface area contributed by atoms with E-state index in [9.17, 15) is 14.7 Å². The third-order valence-electron chi connectivity index (χ3n) is 4.61. The van der Waals surface area contributed by atoms with Crippen molar-refractivity contribution in [3.8, 4) is 0 Å². The summed E-state index contributed by atoms with van der Waals surface area (Å²) in [5, 5.41) is 20.6. The number of aryl methyl sites for hydroxylation is 1. The summed E-state index contributed by atoms with van der Waals surface area (Å²) in [6.45, 7) is 0.597. The maximum absolute atomic E-state index is 12.4. The monoisotopic (exact) mass is 327 g/mol. The van der Waals surface area contributed by atoms with Gasteiger partial charge in [0.05, 0.1) is 24.9 Å². The van der Waals surface area contributed by atoms with Gasteiger partial charge in [-0.15, -0.1) is 5.10 Å². The lowest BCUT2D eigenvalue weighted by Gasteiger charge is -2.17. The Morgan fingerprint density at radius 3 is 2.96 bits per heavy atom. The topological polar surface area (TPSA) is 100 Å². The number of nitrogens with one attached hydrogen (secondary N) is 1. The van der Waals surface area contributed by atoms with Crippen molar-refractivity contribution in [2.24, 2.45) is 0 Å². The summed E-state index contributed by atoms with van der Waals surface area (Å²) in [6, 6.07) is 4.77. The molecule has 1 aromatic heterocycles. The number of Topliss-reactive ketones (excluding diaryl/α,β-unsaturated/α-hetero) is 1. The molecule has 0 unspecified atom stereocenters. The maximum atomic E-state index is 12.4. The summed E-state index contributed by atoms with van der Waals surface area (Å²) in [6.07, 6.45) is 3.78. The highest BCUT2D eigenvalue weighted by molar-refractivity contribution is 6.01. The van der Waals surface area contributed by atoms with Crippen LogP contribution in [0.3, 0.4) is 0 Å². The van der Waals surface area contributed by atoms with Crippen molar-refractivity contribution in [1.82, 2.24) is 19.9 Å². The molecule has 8 heteroatoms. The summed E-state index contributed by atoms with van der Waals surface area (Å²) >= 11 is 0. The minimum atomic E-state index is -0.685. The second-order valence-corrected chi connectivity index (χ2v) is 6.15. The number of likely N-dealkylation sites (tertiary alicyclic amines) is 1. The zero-order chi connectivity index (χ0) is 16.7. The fraction of sp³-hybridized carbons (Fsp3) is 0.375. The molecule has 0 radical (unpaired) electrons. The number of fused-ring (bicyclic) bond motifs is 1. The first-order chi connectivity index (χ1) is 11.6. The number of carbonyl (C=O) groups excluding carboxylic acids is 2. The first-order valence-electron chi connectivity index (χ1n) is 7.88. The number of β-amino-alcohol motifs (C(OH)–C–C–N with tert-alkyl or cyclic N) is 1. The molecule has 1 saturated heterocycles. The molecule has 2 N–H and O–H groups in total. The molecule has 0 bridgehead atoms. The molecule has 24 heavy (non-hydrogen) atoms. The molecule has 1 fully saturated rings. The van der Waals surface area contributed by atoms with Gasteiger partial charge in [0.15, 0.2) is 5.78 Å². The van der Waals surface area contributed by atoms with Crippen molar-refractivity contribution in [2.45, 2.75) is 25.0 Å². The Labute approximate surface area is 138 Å². The smallest absolute Gasteiger partial charge is 0.322 e. The van der Waals surface area contributed by atoms with Crippen molar-refractivity contribution < 1.29 is 14.7 Å². The van der Waals surface area contributed by atoms with E-state index in [1.165, 1.54) is 0 Å². The first kappa shape index (κ1) is 14.8. The van der Waals surface area contributed by atoms with Gasteiger partial charge >= 0.3 is 6.03 Å². The summed E-state index contributed by atoms with van der Waals surface area (Å²) in [5.41, 5.74) is 2.38. The van der Waals surface area contributed by atoms with Crippen molar-refractivity contribution >= 4 is 17.5 Å². The molecule has 2 aliphatic rings. The largest absolute Gasteiger partial charge is 0.389 e. The summed E-state index contributed by atoms with van der Waals surface area (Å²) in [5.74, 6) is 0.154. The number of nitrogens with zero attached hydrogens (tertiary/aromatic N) is 4. The minimum Gasteiger partial charge on any atom is -0.389 e. The van der Waals surface area contributed by atoms with Crippen LogP contribution < -0.4 is 5.32 Å². The fourth-order valence-corrected chi connectivity index (χ4v) is 3.33. The van der Waals surface area contributed by atoms with Gasteiger partial charge in [-0.3, -0.25) is 4.79 Å². The van der Waals surface area contributed by atoms with Crippen LogP contribution in [-0.4, -0.2) is 56.0 Å². The highest BCUT2D eigenvalue weighted by Gasteiger charge is 2.35. The fourth-order valence-electron chi connectivity index (χ4n) is 3.33. The number of aromatic nitrogens is 3. The molecule has 1 aliphatic carbocycles. The van der Waals surface area contributed by atoms with Crippen LogP contribution in [0.4, 0.5) is 10.5 Å². The lowest BCUT2D eigenvalue weighted by molar-refractivity contribution is 0.0994. The van der Waals surface area contributed by atoms with E-state index in [4.69, 9.17) is 0 Å². The zero-order valence-corrected chi connectivity index (χ0v) is 12.9. The third kappa shape index (κ3) is 2.54. The summed E-state index contributed by atoms with van der Waals surface area (Å²) in [4.78, 5) is 25.6. The average Bonchev–Trinajstić information content (AvgIpc) is 3.28. The molecule has 124 valence electrons. The number of benzene rings is 1. The lowest BCUT2D eigenvalue weighted by Crippen LogP contribution is -2.33. The molecule has 1 aromatic carbocycles. The Hall–Kier alpha value is -2.74. The Kier molecular flexibility index (Phi) is 3.53. The first-order valence-corrected chi connectivity index (χ1v) is 7.88. The standard InChI is InChI=1S/C16H17N5O3/c22-14-4-1-10-7-11(2-3-12(10)14)18-16(24)20-8-13(15(23)9-20)21-6-5-17-19-21/h2-3,5-7,13,15,23H,1,4,8-9H2,(H,18,24)/t13-,15-/m1/s1. The van der Waals surface area contributed by atoms with Crippen molar-refractivity contribution in [3.05, 3.63) is 41.7 Å². The zero-order valence-electron chi connectivity index (χ0n) is 12.9. The van der Waals surface area contributed by atoms with E-state index in [1.54, 1.807) is 34.1 Å². The van der Waals surface area contributed by atoms with Crippen LogP contribution >= 0.6 is 0 Å². The number of urea groups is 1. The van der Waals surface area contributed by atoms with Gasteiger partial charge in [0.1, 0.15) is 0 Å². The van der Waals surface area contributed by atoms with Crippen LogP contribution in [0, 0.1) is 0 Å². The summed E-state index contributed by atoms with van der Waals surface area (Å²) < 4.78 is 1.57. The Balaban J connectivity index is 1.45. The van der Waals surface area contributed by atoms with Crippen LogP contribution in [0.25, 0.3) is 0 Å². The van der Waals surface area contributed by atoms with Crippen LogP contribution in [0.2, 0.25) is 0 Å². The van der Waals surface area contributed by atoms with Gasteiger partial charge in [-0.2, -0.15) is 0 Å². The highest BCUT2D eigenvalue weighted by atomic mass is 16.3. The molecule has 0 spiro atoms. The number of ketones is 1. The number of aliphatic hydroxyl groups is 1. The number of rotatable bonds is 2. The number of anilines is 1. The van der Waals surface area contributed by atoms with Gasteiger partial charge in [0.25, 0.3) is 0 Å². The SMILES string of the molecule is O=C1CCc2cc(NC(=O)N3C[C@@H](O)[C@H](n4ccnn4)C3)ccc21. The molecular weight excluding hydrogens is 310 g/mol. The number of aliphatic hydroxyl groups excluding tert-OH is 1. The Morgan fingerprint density at radius 1 is 1.29 bits per heavy atom. The molecular formula is C16H17N5O3. The normalized spacial score (nSPS) is 22.7. The molecule has 1 aliphatic heterocycles. The second kappa shape index (κ2) is 5.72. The van der Waals surface area contributed by atoms with E-state index in [1.807, 2.05) is 6.07 Å². The van der Waals surface area contributed by atoms with Crippen molar-refractivity contribution in [1.29, 1.82) is 0 Å². The molecule has 0 saturated carbocycles. The van der Waals surface area contributed by atoms with Crippen LogP contribution in [-0.2, 0) is 6.42 Å². The highest BCUT2D eigenvalue weighted by Crippen LogP contribution is 2.26. The second-order valence-electron chi connectivity index (χ2n) is 6.15. The van der Waals surface area contributed by atoms with E-state index >= 15 is 0 Å². The molecule has 8 nitrogen and oxygen atoms in total. The van der Waals surface area contributed by atoms with E-state index < -0.39 is 6.10 Å². The van der Waals surface area contributed by atoms with Crippen molar-refractivity contribution in [3.63, 3.8) is 0 Å². The number of amides is 2. The number of hydrogen-bond donors (Lipinski definition) is 2. The molecule has 2 atom stereocenters. The predicted octanol–water partition coefficient (Wildman–Crippen LogP) is 0.857. The molecule has 2 amide bonds. The molecule has 2 aromatic rings. The van der Waals surface area contributed by atoms with Gasteiger partial charge in [-0.1, -0.05) is 5.21 Å². The Bertz CT molecular complexity index is 789. The Morgan fingerprint density at radius 2 is 2.17 bits per heavy atom. The van der Waals surface area contributed by atoms with E-state index in [0.29, 0.717) is 25.1 Å². The lowest BCUT2D eigenvalue weighted by atomic mass is 10.1. The van der Waals surface area contributed by atoms with E-state index in [-0.39, 0.29) is 24.4 Å². The van der Waals surface area contributed by atoms with Crippen LogP contribution in [0.5, 0.6) is 0 Å². The predicted molar refractivity (Wildman–Crippen MR) is 84.8 cm³/mol. The van der Waals surface area contributed by atoms with Crippen LogP contribution in [0.1, 0.15) is 28.4 Å². The molecule has 2 heterocycles. The van der Waals surface area contributed by atoms with Gasteiger partial charge in [0, 0.05) is 30.4 Å². The minimum absolute atomic E-state index is 0.154. The van der Waals surface area contributed by atoms with E-state index in [2.05, 4.69) is 15.6 Å². The quantitative estimate of drug-likeness (QED) is 0.852. The maximum Gasteiger partial charge on any atom is 0.322 e. The van der Waals surface area contributed by atoms with E-state index in [0.717, 1.165) is 11.1 Å².